The van der Waals surface area contributed by atoms with Crippen LogP contribution in [0.2, 0.25) is 0 Å². The number of benzene rings is 3. The second-order valence-electron chi connectivity index (χ2n) is 14.1. The standard InChI is InChI=1S/C42H46N4O7S2/c1-7-52-40(50)36-32-20-21-46(41(51)53-42(4,5)6)24-34(32)55-39(36)45-35(47)25-54-31-15-11-14-30(23-31)43-38(49)33(44-37(48)29-12-9-8-10-13-29)22-27-16-18-28(19-17-27)26(2)3/h8-19,22-23,26H,7,20-21,24-25H2,1-6H3,(H,43,49)(H,44,48)(H,45,47)/b33-22+. The van der Waals surface area contributed by atoms with Crippen molar-refractivity contribution in [2.75, 3.05) is 29.5 Å². The molecular formula is C42H46N4O7S2. The molecule has 0 bridgehead atoms. The zero-order valence-corrected chi connectivity index (χ0v) is 33.5. The first-order valence-corrected chi connectivity index (χ1v) is 19.8. The van der Waals surface area contributed by atoms with Crippen LogP contribution in [0.5, 0.6) is 0 Å². The number of hydrogen-bond donors (Lipinski definition) is 3. The van der Waals surface area contributed by atoms with Crippen molar-refractivity contribution < 1.29 is 33.4 Å². The largest absolute Gasteiger partial charge is 0.462 e. The Morgan fingerprint density at radius 3 is 2.35 bits per heavy atom. The summed E-state index contributed by atoms with van der Waals surface area (Å²) in [7, 11) is 0. The highest BCUT2D eigenvalue weighted by molar-refractivity contribution is 8.00. The quantitative estimate of drug-likeness (QED) is 0.0738. The van der Waals surface area contributed by atoms with E-state index in [-0.39, 0.29) is 30.5 Å². The molecule has 55 heavy (non-hydrogen) atoms. The van der Waals surface area contributed by atoms with Gasteiger partial charge >= 0.3 is 12.1 Å². The summed E-state index contributed by atoms with van der Waals surface area (Å²) in [6, 6.07) is 23.5. The number of fused-ring (bicyclic) bond motifs is 1. The maximum Gasteiger partial charge on any atom is 0.410 e. The van der Waals surface area contributed by atoms with Crippen molar-refractivity contribution in [3.8, 4) is 0 Å². The van der Waals surface area contributed by atoms with Crippen LogP contribution >= 0.6 is 23.1 Å². The molecule has 1 aliphatic rings. The Hall–Kier alpha value is -5.40. The van der Waals surface area contributed by atoms with E-state index in [1.54, 1.807) is 81.1 Å². The van der Waals surface area contributed by atoms with Crippen LogP contribution in [0.3, 0.4) is 0 Å². The molecule has 288 valence electrons. The first kappa shape index (κ1) is 40.8. The Balaban J connectivity index is 1.27. The van der Waals surface area contributed by atoms with Crippen LogP contribution < -0.4 is 16.0 Å². The first-order chi connectivity index (χ1) is 26.2. The highest BCUT2D eigenvalue weighted by Gasteiger charge is 2.32. The molecule has 0 saturated carbocycles. The van der Waals surface area contributed by atoms with Gasteiger partial charge in [0.25, 0.3) is 11.8 Å². The fraction of sp³-hybridized carbons (Fsp3) is 0.310. The van der Waals surface area contributed by atoms with E-state index in [9.17, 15) is 24.0 Å². The third kappa shape index (κ3) is 11.3. The molecule has 3 aromatic carbocycles. The van der Waals surface area contributed by atoms with E-state index in [2.05, 4.69) is 29.8 Å². The number of anilines is 2. The maximum atomic E-state index is 13.6. The Labute approximate surface area is 329 Å². The SMILES string of the molecule is CCOC(=O)c1c(NC(=O)CSc2cccc(NC(=O)/C(=C\c3ccc(C(C)C)cc3)NC(=O)c3ccccc3)c2)sc2c1CCN(C(=O)OC(C)(C)C)C2. The first-order valence-electron chi connectivity index (χ1n) is 18.0. The summed E-state index contributed by atoms with van der Waals surface area (Å²) in [6.07, 6.45) is 1.61. The van der Waals surface area contributed by atoms with Gasteiger partial charge in [-0.15, -0.1) is 23.1 Å². The monoisotopic (exact) mass is 782 g/mol. The van der Waals surface area contributed by atoms with Gasteiger partial charge in [0.05, 0.1) is 24.5 Å². The Morgan fingerprint density at radius 2 is 1.67 bits per heavy atom. The number of nitrogens with one attached hydrogen (secondary N) is 3. The fourth-order valence-electron chi connectivity index (χ4n) is 5.65. The van der Waals surface area contributed by atoms with Gasteiger partial charge in [0.2, 0.25) is 5.91 Å². The van der Waals surface area contributed by atoms with Gasteiger partial charge in [-0.05, 0) is 93.1 Å². The summed E-state index contributed by atoms with van der Waals surface area (Å²) >= 11 is 2.50. The molecule has 2 heterocycles. The number of rotatable bonds is 12. The zero-order chi connectivity index (χ0) is 39.7. The minimum Gasteiger partial charge on any atom is -0.462 e. The van der Waals surface area contributed by atoms with Crippen LogP contribution in [0.1, 0.15) is 89.7 Å². The smallest absolute Gasteiger partial charge is 0.410 e. The molecule has 0 unspecified atom stereocenters. The molecule has 13 heteroatoms. The lowest BCUT2D eigenvalue weighted by molar-refractivity contribution is -0.114. The van der Waals surface area contributed by atoms with Crippen molar-refractivity contribution in [1.29, 1.82) is 0 Å². The van der Waals surface area contributed by atoms with Crippen molar-refractivity contribution in [3.05, 3.63) is 117 Å². The summed E-state index contributed by atoms with van der Waals surface area (Å²) in [5, 5.41) is 8.91. The van der Waals surface area contributed by atoms with Crippen LogP contribution in [0.15, 0.2) is 89.5 Å². The van der Waals surface area contributed by atoms with Gasteiger partial charge in [-0.1, -0.05) is 62.4 Å². The molecule has 3 N–H and O–H groups in total. The van der Waals surface area contributed by atoms with Gasteiger partial charge in [0.1, 0.15) is 16.3 Å². The van der Waals surface area contributed by atoms with Gasteiger partial charge in [-0.25, -0.2) is 9.59 Å². The molecule has 4 amide bonds. The number of esters is 1. The third-order valence-corrected chi connectivity index (χ3v) is 10.5. The minimum absolute atomic E-state index is 0.0108. The summed E-state index contributed by atoms with van der Waals surface area (Å²) in [5.41, 5.74) is 3.27. The summed E-state index contributed by atoms with van der Waals surface area (Å²) in [4.78, 5) is 68.9. The molecule has 11 nitrogen and oxygen atoms in total. The number of hydrogen-bond acceptors (Lipinski definition) is 9. The Morgan fingerprint density at radius 1 is 0.945 bits per heavy atom. The van der Waals surface area contributed by atoms with Crippen LogP contribution in [-0.4, -0.2) is 59.2 Å². The van der Waals surface area contributed by atoms with E-state index in [0.717, 1.165) is 21.6 Å². The minimum atomic E-state index is -0.647. The number of carbonyl (C=O) groups excluding carboxylic acids is 5. The predicted molar refractivity (Wildman–Crippen MR) is 217 cm³/mol. The summed E-state index contributed by atoms with van der Waals surface area (Å²) < 4.78 is 10.9. The van der Waals surface area contributed by atoms with Gasteiger partial charge in [0.15, 0.2) is 0 Å². The van der Waals surface area contributed by atoms with E-state index in [1.165, 1.54) is 23.1 Å². The molecule has 0 spiro atoms. The zero-order valence-electron chi connectivity index (χ0n) is 31.8. The van der Waals surface area contributed by atoms with E-state index in [1.807, 2.05) is 36.4 Å². The fourth-order valence-corrected chi connectivity index (χ4v) is 7.68. The van der Waals surface area contributed by atoms with Crippen molar-refractivity contribution in [1.82, 2.24) is 10.2 Å². The number of thioether (sulfide) groups is 1. The van der Waals surface area contributed by atoms with Crippen molar-refractivity contribution >= 4 is 69.6 Å². The summed E-state index contributed by atoms with van der Waals surface area (Å²) in [6.45, 7) is 12.1. The van der Waals surface area contributed by atoms with Gasteiger partial charge in [-0.3, -0.25) is 14.4 Å². The van der Waals surface area contributed by atoms with Gasteiger partial charge in [0, 0.05) is 27.6 Å². The average Bonchev–Trinajstić information content (AvgIpc) is 3.50. The van der Waals surface area contributed by atoms with Crippen molar-refractivity contribution in [2.24, 2.45) is 0 Å². The van der Waals surface area contributed by atoms with Crippen molar-refractivity contribution in [2.45, 2.75) is 70.9 Å². The molecule has 0 aliphatic carbocycles. The molecule has 1 aromatic heterocycles. The molecule has 0 fully saturated rings. The average molecular weight is 783 g/mol. The lowest BCUT2D eigenvalue weighted by atomic mass is 10.0. The van der Waals surface area contributed by atoms with Crippen LogP contribution in [-0.2, 0) is 32.0 Å². The normalized spacial score (nSPS) is 12.8. The highest BCUT2D eigenvalue weighted by atomic mass is 32.2. The molecule has 0 saturated heterocycles. The molecule has 5 rings (SSSR count). The lowest BCUT2D eigenvalue weighted by Gasteiger charge is -2.30. The van der Waals surface area contributed by atoms with E-state index < -0.39 is 29.5 Å². The topological polar surface area (TPSA) is 143 Å². The van der Waals surface area contributed by atoms with E-state index in [0.29, 0.717) is 45.6 Å². The van der Waals surface area contributed by atoms with E-state index in [4.69, 9.17) is 9.47 Å². The number of ether oxygens (including phenoxy) is 2. The number of carbonyl (C=O) groups is 5. The molecule has 4 aromatic rings. The molecule has 1 aliphatic heterocycles. The van der Waals surface area contributed by atoms with Crippen LogP contribution in [0, 0.1) is 0 Å². The number of amides is 4. The second-order valence-corrected chi connectivity index (χ2v) is 16.3. The van der Waals surface area contributed by atoms with Gasteiger partial charge < -0.3 is 30.3 Å². The van der Waals surface area contributed by atoms with Crippen molar-refractivity contribution in [3.63, 3.8) is 0 Å². The molecular weight excluding hydrogens is 737 g/mol. The second kappa shape index (κ2) is 18.3. The maximum absolute atomic E-state index is 13.6. The highest BCUT2D eigenvalue weighted by Crippen LogP contribution is 2.38. The van der Waals surface area contributed by atoms with Gasteiger partial charge in [-0.2, -0.15) is 0 Å². The molecule has 0 atom stereocenters. The molecule has 0 radical (unpaired) electrons. The summed E-state index contributed by atoms with van der Waals surface area (Å²) in [5.74, 6) is -1.46. The third-order valence-electron chi connectivity index (χ3n) is 8.35. The number of thiophene rings is 1. The van der Waals surface area contributed by atoms with E-state index >= 15 is 0 Å². The Bertz CT molecular complexity index is 2070. The van der Waals surface area contributed by atoms with Crippen LogP contribution in [0.4, 0.5) is 15.5 Å². The van der Waals surface area contributed by atoms with Crippen LogP contribution in [0.25, 0.3) is 6.08 Å². The lowest BCUT2D eigenvalue weighted by Crippen LogP contribution is -2.39. The number of nitrogens with zero attached hydrogens (tertiary/aromatic N) is 1. The predicted octanol–water partition coefficient (Wildman–Crippen LogP) is 8.48. The Kier molecular flexibility index (Phi) is 13.6.